The van der Waals surface area contributed by atoms with Gasteiger partial charge in [0.1, 0.15) is 0 Å². The van der Waals surface area contributed by atoms with Gasteiger partial charge >= 0.3 is 0 Å². The highest BCUT2D eigenvalue weighted by molar-refractivity contribution is 5.78. The number of fused-ring (bicyclic) bond motifs is 1. The minimum Gasteiger partial charge on any atom is -0.493 e. The molecule has 0 saturated heterocycles. The molecule has 1 aliphatic heterocycles. The molecule has 5 heteroatoms. The predicted octanol–water partition coefficient (Wildman–Crippen LogP) is 4.17. The zero-order valence-electron chi connectivity index (χ0n) is 18.8. The maximum absolute atomic E-state index is 12.3. The van der Waals surface area contributed by atoms with Crippen molar-refractivity contribution in [3.8, 4) is 11.5 Å². The number of hydrogen-bond acceptors (Lipinski definition) is 4. The van der Waals surface area contributed by atoms with E-state index in [4.69, 9.17) is 9.47 Å². The average molecular weight is 431 g/mol. The highest BCUT2D eigenvalue weighted by Gasteiger charge is 2.16. The van der Waals surface area contributed by atoms with Gasteiger partial charge in [0, 0.05) is 25.3 Å². The second kappa shape index (κ2) is 10.2. The first-order valence-corrected chi connectivity index (χ1v) is 11.0. The maximum atomic E-state index is 12.3. The van der Waals surface area contributed by atoms with Crippen molar-refractivity contribution in [3.05, 3.63) is 89.0 Å². The van der Waals surface area contributed by atoms with Gasteiger partial charge in [-0.05, 0) is 59.4 Å². The summed E-state index contributed by atoms with van der Waals surface area (Å²) in [6, 6.07) is 22.9. The maximum Gasteiger partial charge on any atom is 0.224 e. The standard InChI is InChI=1S/C27H30N2O3/c1-31-25-12-9-21(17-26(25)32-2)18-27(30)28-15-13-20-7-10-24(11-8-20)29-16-14-22-5-3-4-6-23(22)19-29/h3-12,17H,13-16,18-19H2,1-2H3,(H,28,30). The lowest BCUT2D eigenvalue weighted by Crippen LogP contribution is -2.30. The molecular weight excluding hydrogens is 400 g/mol. The van der Waals surface area contributed by atoms with Gasteiger partial charge in [0.15, 0.2) is 11.5 Å². The van der Waals surface area contributed by atoms with Gasteiger partial charge in [-0.2, -0.15) is 0 Å². The number of ether oxygens (including phenoxy) is 2. The lowest BCUT2D eigenvalue weighted by Gasteiger charge is -2.30. The first kappa shape index (κ1) is 21.8. The highest BCUT2D eigenvalue weighted by atomic mass is 16.5. The summed E-state index contributed by atoms with van der Waals surface area (Å²) < 4.78 is 10.6. The van der Waals surface area contributed by atoms with Gasteiger partial charge in [0.2, 0.25) is 5.91 Å². The van der Waals surface area contributed by atoms with Crippen molar-refractivity contribution >= 4 is 11.6 Å². The van der Waals surface area contributed by atoms with Crippen LogP contribution in [0.4, 0.5) is 5.69 Å². The molecule has 3 aromatic carbocycles. The molecule has 0 unspecified atom stereocenters. The third kappa shape index (κ3) is 5.22. The molecule has 0 bridgehead atoms. The number of methoxy groups -OCH3 is 2. The van der Waals surface area contributed by atoms with E-state index in [-0.39, 0.29) is 5.91 Å². The molecule has 166 valence electrons. The summed E-state index contributed by atoms with van der Waals surface area (Å²) in [6.45, 7) is 2.62. The SMILES string of the molecule is COc1ccc(CC(=O)NCCc2ccc(N3CCc4ccccc4C3)cc2)cc1OC. The zero-order valence-corrected chi connectivity index (χ0v) is 18.8. The number of nitrogens with zero attached hydrogens (tertiary/aromatic N) is 1. The Morgan fingerprint density at radius 3 is 2.38 bits per heavy atom. The van der Waals surface area contributed by atoms with E-state index in [0.717, 1.165) is 31.5 Å². The first-order valence-electron chi connectivity index (χ1n) is 11.0. The summed E-state index contributed by atoms with van der Waals surface area (Å²) in [7, 11) is 3.19. The number of anilines is 1. The lowest BCUT2D eigenvalue weighted by molar-refractivity contribution is -0.120. The normalized spacial score (nSPS) is 12.8. The van der Waals surface area contributed by atoms with Crippen molar-refractivity contribution in [3.63, 3.8) is 0 Å². The lowest BCUT2D eigenvalue weighted by atomic mass is 9.99. The van der Waals surface area contributed by atoms with E-state index in [1.165, 1.54) is 22.4 Å². The number of carbonyl (C=O) groups is 1. The smallest absolute Gasteiger partial charge is 0.224 e. The Balaban J connectivity index is 1.25. The van der Waals surface area contributed by atoms with Crippen molar-refractivity contribution in [2.24, 2.45) is 0 Å². The fraction of sp³-hybridized carbons (Fsp3) is 0.296. The molecular formula is C27H30N2O3. The van der Waals surface area contributed by atoms with Gasteiger partial charge in [0.25, 0.3) is 0 Å². The van der Waals surface area contributed by atoms with Gasteiger partial charge in [-0.25, -0.2) is 0 Å². The van der Waals surface area contributed by atoms with Crippen LogP contribution in [0.5, 0.6) is 11.5 Å². The van der Waals surface area contributed by atoms with E-state index in [2.05, 4.69) is 58.7 Å². The summed E-state index contributed by atoms with van der Waals surface area (Å²) in [5.41, 5.74) is 6.25. The van der Waals surface area contributed by atoms with Crippen LogP contribution in [-0.2, 0) is 30.6 Å². The second-order valence-corrected chi connectivity index (χ2v) is 8.07. The monoisotopic (exact) mass is 430 g/mol. The van der Waals surface area contributed by atoms with Crippen molar-refractivity contribution in [2.45, 2.75) is 25.8 Å². The fourth-order valence-electron chi connectivity index (χ4n) is 4.17. The van der Waals surface area contributed by atoms with E-state index >= 15 is 0 Å². The molecule has 32 heavy (non-hydrogen) atoms. The van der Waals surface area contributed by atoms with Crippen LogP contribution in [0.3, 0.4) is 0 Å². The minimum absolute atomic E-state index is 0.000761. The number of carbonyl (C=O) groups excluding carboxylic acids is 1. The Kier molecular flexibility index (Phi) is 6.95. The summed E-state index contributed by atoms with van der Waals surface area (Å²) in [5, 5.41) is 3.01. The van der Waals surface area contributed by atoms with E-state index in [1.807, 2.05) is 18.2 Å². The Morgan fingerprint density at radius 1 is 0.906 bits per heavy atom. The van der Waals surface area contributed by atoms with Gasteiger partial charge in [-0.15, -0.1) is 0 Å². The van der Waals surface area contributed by atoms with E-state index in [1.54, 1.807) is 14.2 Å². The van der Waals surface area contributed by atoms with Crippen LogP contribution in [0, 0.1) is 0 Å². The highest BCUT2D eigenvalue weighted by Crippen LogP contribution is 2.28. The predicted molar refractivity (Wildman–Crippen MR) is 128 cm³/mol. The van der Waals surface area contributed by atoms with Gasteiger partial charge < -0.3 is 19.7 Å². The average Bonchev–Trinajstić information content (AvgIpc) is 2.84. The van der Waals surface area contributed by atoms with Gasteiger partial charge in [0.05, 0.1) is 20.6 Å². The number of amides is 1. The van der Waals surface area contributed by atoms with Gasteiger partial charge in [-0.3, -0.25) is 4.79 Å². The molecule has 1 heterocycles. The quantitative estimate of drug-likeness (QED) is 0.583. The molecule has 0 aromatic heterocycles. The zero-order chi connectivity index (χ0) is 22.3. The number of hydrogen-bond donors (Lipinski definition) is 1. The third-order valence-electron chi connectivity index (χ3n) is 5.98. The molecule has 0 fully saturated rings. The summed E-state index contributed by atoms with van der Waals surface area (Å²) in [4.78, 5) is 14.8. The molecule has 0 aliphatic carbocycles. The Bertz CT molecular complexity index is 1060. The van der Waals surface area contributed by atoms with Gasteiger partial charge in [-0.1, -0.05) is 42.5 Å². The van der Waals surface area contributed by atoms with E-state index < -0.39 is 0 Å². The van der Waals surface area contributed by atoms with Crippen LogP contribution in [0.2, 0.25) is 0 Å². The molecule has 1 N–H and O–H groups in total. The van der Waals surface area contributed by atoms with Crippen LogP contribution >= 0.6 is 0 Å². The molecule has 1 amide bonds. The fourth-order valence-corrected chi connectivity index (χ4v) is 4.17. The molecule has 3 aromatic rings. The molecule has 0 atom stereocenters. The molecule has 0 radical (unpaired) electrons. The molecule has 0 saturated carbocycles. The topological polar surface area (TPSA) is 50.8 Å². The largest absolute Gasteiger partial charge is 0.493 e. The van der Waals surface area contributed by atoms with E-state index in [0.29, 0.717) is 24.5 Å². The molecule has 1 aliphatic rings. The third-order valence-corrected chi connectivity index (χ3v) is 5.98. The number of nitrogens with one attached hydrogen (secondary N) is 1. The van der Waals surface area contributed by atoms with Crippen LogP contribution in [0.1, 0.15) is 22.3 Å². The van der Waals surface area contributed by atoms with Crippen molar-refractivity contribution in [2.75, 3.05) is 32.2 Å². The second-order valence-electron chi connectivity index (χ2n) is 8.07. The van der Waals surface area contributed by atoms with Crippen LogP contribution in [-0.4, -0.2) is 33.2 Å². The number of rotatable bonds is 8. The van der Waals surface area contributed by atoms with E-state index in [9.17, 15) is 4.79 Å². The van der Waals surface area contributed by atoms with Crippen molar-refractivity contribution in [1.82, 2.24) is 5.32 Å². The molecule has 5 nitrogen and oxygen atoms in total. The van der Waals surface area contributed by atoms with Crippen LogP contribution in [0.15, 0.2) is 66.7 Å². The Labute approximate surface area is 190 Å². The van der Waals surface area contributed by atoms with Crippen LogP contribution in [0.25, 0.3) is 0 Å². The minimum atomic E-state index is 0.000761. The Morgan fingerprint density at radius 2 is 1.62 bits per heavy atom. The van der Waals surface area contributed by atoms with Crippen molar-refractivity contribution in [1.29, 1.82) is 0 Å². The molecule has 4 rings (SSSR count). The first-order chi connectivity index (χ1) is 15.7. The van der Waals surface area contributed by atoms with Crippen molar-refractivity contribution < 1.29 is 14.3 Å². The Hall–Kier alpha value is -3.47. The summed E-state index contributed by atoms with van der Waals surface area (Å²) in [6.07, 6.45) is 2.21. The van der Waals surface area contributed by atoms with Crippen LogP contribution < -0.4 is 19.7 Å². The molecule has 0 spiro atoms. The number of benzene rings is 3. The summed E-state index contributed by atoms with van der Waals surface area (Å²) in [5.74, 6) is 1.30. The summed E-state index contributed by atoms with van der Waals surface area (Å²) >= 11 is 0.